The number of aromatic nitrogens is 4. The van der Waals surface area contributed by atoms with E-state index in [1.54, 1.807) is 26.7 Å². The number of anilines is 1. The summed E-state index contributed by atoms with van der Waals surface area (Å²) in [5.74, 6) is 2.84. The molecule has 4 heterocycles. The molecule has 0 aliphatic carbocycles. The summed E-state index contributed by atoms with van der Waals surface area (Å²) in [6.07, 6.45) is 4.74. The van der Waals surface area contributed by atoms with E-state index < -0.39 is 6.10 Å². The largest absolute Gasteiger partial charge is 0.497 e. The Labute approximate surface area is 190 Å². The minimum absolute atomic E-state index is 0.266. The summed E-state index contributed by atoms with van der Waals surface area (Å²) in [4.78, 5) is 8.82. The van der Waals surface area contributed by atoms with Crippen LogP contribution in [0.5, 0.6) is 17.2 Å². The van der Waals surface area contributed by atoms with E-state index in [9.17, 15) is 0 Å². The minimum atomic E-state index is -0.439. The minimum Gasteiger partial charge on any atom is -0.497 e. The quantitative estimate of drug-likeness (QED) is 0.509. The van der Waals surface area contributed by atoms with Crippen molar-refractivity contribution in [2.45, 2.75) is 12.1 Å². The fraction of sp³-hybridized carbons (Fsp3) is 0.160. The molecule has 1 N–H and O–H groups in total. The van der Waals surface area contributed by atoms with Crippen LogP contribution in [0.4, 0.5) is 5.95 Å². The number of pyridine rings is 1. The van der Waals surface area contributed by atoms with E-state index in [0.717, 1.165) is 33.7 Å². The van der Waals surface area contributed by atoms with Gasteiger partial charge in [-0.3, -0.25) is 4.98 Å². The molecule has 0 fully saturated rings. The van der Waals surface area contributed by atoms with Crippen LogP contribution < -0.4 is 19.5 Å². The molecule has 2 aromatic heterocycles. The molecule has 0 radical (unpaired) electrons. The molecule has 4 aromatic rings. The van der Waals surface area contributed by atoms with Gasteiger partial charge in [0.1, 0.15) is 29.6 Å². The molecule has 2 aromatic carbocycles. The second kappa shape index (κ2) is 7.67. The van der Waals surface area contributed by atoms with Crippen LogP contribution in [-0.2, 0) is 0 Å². The average molecular weight is 439 g/mol. The summed E-state index contributed by atoms with van der Waals surface area (Å²) in [7, 11) is 3.29. The van der Waals surface area contributed by atoms with E-state index >= 15 is 0 Å². The molecule has 0 saturated carbocycles. The fourth-order valence-corrected chi connectivity index (χ4v) is 4.57. The van der Waals surface area contributed by atoms with Gasteiger partial charge in [-0.15, -0.1) is 0 Å². The number of rotatable bonds is 4. The molecule has 0 amide bonds. The monoisotopic (exact) mass is 439 g/mol. The first-order chi connectivity index (χ1) is 16.3. The number of hydrogen-bond acceptors (Lipinski definition) is 7. The molecule has 2 aliphatic rings. The molecule has 8 nitrogen and oxygen atoms in total. The Balaban J connectivity index is 1.63. The lowest BCUT2D eigenvalue weighted by Crippen LogP contribution is -2.32. The molecule has 0 saturated heterocycles. The zero-order valence-corrected chi connectivity index (χ0v) is 18.1. The van der Waals surface area contributed by atoms with Crippen LogP contribution in [-0.4, -0.2) is 34.0 Å². The van der Waals surface area contributed by atoms with Crippen molar-refractivity contribution in [3.05, 3.63) is 95.6 Å². The summed E-state index contributed by atoms with van der Waals surface area (Å²) in [5.41, 5.74) is 4.80. The van der Waals surface area contributed by atoms with Crippen LogP contribution in [0.1, 0.15) is 28.8 Å². The number of fused-ring (bicyclic) bond motifs is 3. The van der Waals surface area contributed by atoms with E-state index in [2.05, 4.69) is 20.4 Å². The van der Waals surface area contributed by atoms with Crippen molar-refractivity contribution in [1.29, 1.82) is 0 Å². The number of nitrogens with one attached hydrogen (secondary N) is 1. The highest BCUT2D eigenvalue weighted by Gasteiger charge is 2.41. The van der Waals surface area contributed by atoms with Crippen LogP contribution in [0.2, 0.25) is 0 Å². The van der Waals surface area contributed by atoms with Gasteiger partial charge >= 0.3 is 0 Å². The number of methoxy groups -OCH3 is 2. The smallest absolute Gasteiger partial charge is 0.226 e. The van der Waals surface area contributed by atoms with Gasteiger partial charge in [0, 0.05) is 35.2 Å². The van der Waals surface area contributed by atoms with Crippen molar-refractivity contribution in [3.63, 3.8) is 0 Å². The number of ether oxygens (including phenoxy) is 3. The molecule has 8 heteroatoms. The van der Waals surface area contributed by atoms with E-state index in [0.29, 0.717) is 17.4 Å². The standard InChI is InChI=1S/C25H21N5O3/c1-31-16-9-10-18(20(12-16)32-2)24-21-22(17-7-3-4-8-19(17)33-24)29-25-27-14-28-30(25)23(21)15-6-5-11-26-13-15/h3-14,23-24H,1-2H3,(H,27,28,29). The summed E-state index contributed by atoms with van der Waals surface area (Å²) in [6.45, 7) is 0. The topological polar surface area (TPSA) is 83.3 Å². The van der Waals surface area contributed by atoms with Crippen molar-refractivity contribution >= 4 is 11.6 Å². The van der Waals surface area contributed by atoms with Gasteiger partial charge < -0.3 is 19.5 Å². The van der Waals surface area contributed by atoms with Gasteiger partial charge in [-0.25, -0.2) is 4.68 Å². The van der Waals surface area contributed by atoms with Crippen molar-refractivity contribution in [3.8, 4) is 17.2 Å². The molecule has 2 aliphatic heterocycles. The normalized spacial score (nSPS) is 18.4. The van der Waals surface area contributed by atoms with Gasteiger partial charge in [-0.2, -0.15) is 10.1 Å². The molecule has 0 bridgehead atoms. The Bertz CT molecular complexity index is 1370. The Kier molecular flexibility index (Phi) is 4.50. The second-order valence-electron chi connectivity index (χ2n) is 7.77. The summed E-state index contributed by atoms with van der Waals surface area (Å²) >= 11 is 0. The lowest BCUT2D eigenvalue weighted by molar-refractivity contribution is 0.217. The van der Waals surface area contributed by atoms with E-state index in [1.165, 1.54) is 0 Å². The summed E-state index contributed by atoms with van der Waals surface area (Å²) < 4.78 is 19.7. The van der Waals surface area contributed by atoms with Crippen LogP contribution in [0.25, 0.3) is 5.70 Å². The fourth-order valence-electron chi connectivity index (χ4n) is 4.57. The highest BCUT2D eigenvalue weighted by Crippen LogP contribution is 2.51. The zero-order valence-electron chi connectivity index (χ0n) is 18.1. The van der Waals surface area contributed by atoms with Gasteiger partial charge in [-0.1, -0.05) is 18.2 Å². The lowest BCUT2D eigenvalue weighted by atomic mass is 9.85. The number of hydrogen-bond donors (Lipinski definition) is 1. The van der Waals surface area contributed by atoms with Gasteiger partial charge in [0.2, 0.25) is 5.95 Å². The van der Waals surface area contributed by atoms with Crippen molar-refractivity contribution < 1.29 is 14.2 Å². The van der Waals surface area contributed by atoms with E-state index in [-0.39, 0.29) is 6.04 Å². The molecule has 2 atom stereocenters. The first-order valence-electron chi connectivity index (χ1n) is 10.6. The molecule has 164 valence electrons. The first-order valence-corrected chi connectivity index (χ1v) is 10.6. The molecule has 0 spiro atoms. The maximum Gasteiger partial charge on any atom is 0.226 e. The first kappa shape index (κ1) is 19.4. The summed E-state index contributed by atoms with van der Waals surface area (Å²) in [6, 6.07) is 17.5. The van der Waals surface area contributed by atoms with Gasteiger partial charge in [0.05, 0.1) is 19.9 Å². The Morgan fingerprint density at radius 2 is 1.94 bits per heavy atom. The third kappa shape index (κ3) is 3.02. The van der Waals surface area contributed by atoms with E-state index in [1.807, 2.05) is 65.5 Å². The van der Waals surface area contributed by atoms with Crippen molar-refractivity contribution in [2.24, 2.45) is 0 Å². The maximum absolute atomic E-state index is 6.65. The average Bonchev–Trinajstić information content (AvgIpc) is 3.35. The van der Waals surface area contributed by atoms with Gasteiger partial charge in [-0.05, 0) is 35.9 Å². The number of para-hydroxylation sites is 1. The Morgan fingerprint density at radius 3 is 2.76 bits per heavy atom. The van der Waals surface area contributed by atoms with Crippen molar-refractivity contribution in [2.75, 3.05) is 19.5 Å². The van der Waals surface area contributed by atoms with Gasteiger partial charge in [0.15, 0.2) is 6.10 Å². The highest BCUT2D eigenvalue weighted by molar-refractivity contribution is 5.85. The van der Waals surface area contributed by atoms with Gasteiger partial charge in [0.25, 0.3) is 0 Å². The second-order valence-corrected chi connectivity index (χ2v) is 7.77. The number of nitrogens with zero attached hydrogens (tertiary/aromatic N) is 4. The zero-order chi connectivity index (χ0) is 22.4. The predicted octanol–water partition coefficient (Wildman–Crippen LogP) is 4.25. The Hall–Kier alpha value is -4.33. The molecule has 33 heavy (non-hydrogen) atoms. The molecule has 6 rings (SSSR count). The van der Waals surface area contributed by atoms with Crippen LogP contribution >= 0.6 is 0 Å². The third-order valence-electron chi connectivity index (χ3n) is 6.04. The molecular weight excluding hydrogens is 418 g/mol. The number of benzene rings is 2. The SMILES string of the molecule is COc1ccc(C2Oc3ccccc3C3=C2C(c2cccnc2)n2ncnc2N3)c(OC)c1. The van der Waals surface area contributed by atoms with Crippen molar-refractivity contribution in [1.82, 2.24) is 19.7 Å². The van der Waals surface area contributed by atoms with E-state index in [4.69, 9.17) is 14.2 Å². The van der Waals surface area contributed by atoms with Crippen LogP contribution in [0, 0.1) is 0 Å². The highest BCUT2D eigenvalue weighted by atomic mass is 16.5. The van der Waals surface area contributed by atoms with Crippen LogP contribution in [0.15, 0.2) is 78.9 Å². The molecule has 2 unspecified atom stereocenters. The Morgan fingerprint density at radius 1 is 1.03 bits per heavy atom. The third-order valence-corrected chi connectivity index (χ3v) is 6.04. The maximum atomic E-state index is 6.65. The summed E-state index contributed by atoms with van der Waals surface area (Å²) in [5, 5.41) is 8.03. The predicted molar refractivity (Wildman–Crippen MR) is 122 cm³/mol. The van der Waals surface area contributed by atoms with Crippen LogP contribution in [0.3, 0.4) is 0 Å². The lowest BCUT2D eigenvalue weighted by Gasteiger charge is -2.39. The molecular formula is C25H21N5O3.